The lowest BCUT2D eigenvalue weighted by Gasteiger charge is -2.36. The molecule has 2 aromatic rings. The Morgan fingerprint density at radius 3 is 2.59 bits per heavy atom. The number of anilines is 1. The van der Waals surface area contributed by atoms with Gasteiger partial charge in [-0.25, -0.2) is 4.98 Å². The summed E-state index contributed by atoms with van der Waals surface area (Å²) in [5, 5.41) is 0. The number of hydrogen-bond donors (Lipinski definition) is 0. The van der Waals surface area contributed by atoms with Crippen molar-refractivity contribution in [1.82, 2.24) is 19.4 Å². The third-order valence-corrected chi connectivity index (χ3v) is 5.82. The van der Waals surface area contributed by atoms with Crippen molar-refractivity contribution >= 4 is 11.6 Å². The Morgan fingerprint density at radius 2 is 1.85 bits per heavy atom. The number of aryl methyl sites for hydroxylation is 2. The van der Waals surface area contributed by atoms with Crippen LogP contribution >= 0.6 is 0 Å². The van der Waals surface area contributed by atoms with Gasteiger partial charge in [0.1, 0.15) is 11.5 Å². The fourth-order valence-electron chi connectivity index (χ4n) is 4.05. The molecule has 1 fully saturated rings. The summed E-state index contributed by atoms with van der Waals surface area (Å²) in [7, 11) is 0. The van der Waals surface area contributed by atoms with E-state index in [1.165, 1.54) is 16.8 Å². The minimum absolute atomic E-state index is 0.0700. The average molecular weight is 367 g/mol. The molecular weight excluding hydrogens is 338 g/mol. The van der Waals surface area contributed by atoms with E-state index in [9.17, 15) is 4.79 Å². The van der Waals surface area contributed by atoms with Crippen LogP contribution in [0.2, 0.25) is 0 Å². The number of piperazine rings is 1. The van der Waals surface area contributed by atoms with E-state index in [0.29, 0.717) is 5.69 Å². The molecule has 1 aromatic carbocycles. The Morgan fingerprint density at radius 1 is 1.07 bits per heavy atom. The maximum Gasteiger partial charge on any atom is 0.274 e. The molecule has 6 heteroatoms. The Labute approximate surface area is 161 Å². The maximum atomic E-state index is 13.0. The highest BCUT2D eigenvalue weighted by Crippen LogP contribution is 2.23. The first kappa shape index (κ1) is 18.0. The van der Waals surface area contributed by atoms with Crippen molar-refractivity contribution in [2.75, 3.05) is 44.2 Å². The molecule has 1 saturated heterocycles. The van der Waals surface area contributed by atoms with Gasteiger partial charge in [0.25, 0.3) is 5.91 Å². The predicted molar refractivity (Wildman–Crippen MR) is 107 cm³/mol. The van der Waals surface area contributed by atoms with E-state index in [-0.39, 0.29) is 5.91 Å². The normalized spacial score (nSPS) is 17.9. The molecule has 27 heavy (non-hydrogen) atoms. The smallest absolute Gasteiger partial charge is 0.274 e. The highest BCUT2D eigenvalue weighted by Gasteiger charge is 2.26. The third kappa shape index (κ3) is 3.58. The summed E-state index contributed by atoms with van der Waals surface area (Å²) in [4.78, 5) is 24.3. The van der Waals surface area contributed by atoms with Crippen LogP contribution in [0.15, 0.2) is 24.4 Å². The SMILES string of the molecule is CCN1CCn2cc(C(=O)N3CCN(c4cc(C)ccc4C)CC3)nc2C1. The van der Waals surface area contributed by atoms with Crippen molar-refractivity contribution in [2.45, 2.75) is 33.9 Å². The first-order valence-electron chi connectivity index (χ1n) is 9.95. The van der Waals surface area contributed by atoms with Crippen molar-refractivity contribution in [3.05, 3.63) is 47.0 Å². The predicted octanol–water partition coefficient (Wildman–Crippen LogP) is 2.30. The quantitative estimate of drug-likeness (QED) is 0.835. The summed E-state index contributed by atoms with van der Waals surface area (Å²) in [5.74, 6) is 1.08. The summed E-state index contributed by atoms with van der Waals surface area (Å²) in [6.07, 6.45) is 1.95. The van der Waals surface area contributed by atoms with Crippen LogP contribution in [0.25, 0.3) is 0 Å². The summed E-state index contributed by atoms with van der Waals surface area (Å²) in [6, 6.07) is 6.58. The van der Waals surface area contributed by atoms with E-state index in [4.69, 9.17) is 0 Å². The van der Waals surface area contributed by atoms with E-state index < -0.39 is 0 Å². The molecule has 0 aliphatic carbocycles. The molecule has 0 N–H and O–H groups in total. The first-order valence-corrected chi connectivity index (χ1v) is 9.95. The van der Waals surface area contributed by atoms with Gasteiger partial charge in [0.15, 0.2) is 0 Å². The van der Waals surface area contributed by atoms with Gasteiger partial charge in [-0.1, -0.05) is 19.1 Å². The number of hydrogen-bond acceptors (Lipinski definition) is 4. The first-order chi connectivity index (χ1) is 13.0. The Bertz CT molecular complexity index is 835. The molecular formula is C21H29N5O. The van der Waals surface area contributed by atoms with Crippen LogP contribution in [0.1, 0.15) is 34.4 Å². The molecule has 4 rings (SSSR count). The molecule has 1 aromatic heterocycles. The minimum atomic E-state index is 0.0700. The lowest BCUT2D eigenvalue weighted by molar-refractivity contribution is 0.0741. The summed E-state index contributed by atoms with van der Waals surface area (Å²) in [5.41, 5.74) is 4.46. The maximum absolute atomic E-state index is 13.0. The number of nitrogens with zero attached hydrogens (tertiary/aromatic N) is 5. The van der Waals surface area contributed by atoms with Crippen molar-refractivity contribution in [3.63, 3.8) is 0 Å². The molecule has 0 unspecified atom stereocenters. The number of aromatic nitrogens is 2. The van der Waals surface area contributed by atoms with Crippen molar-refractivity contribution < 1.29 is 4.79 Å². The second-order valence-electron chi connectivity index (χ2n) is 7.67. The molecule has 0 atom stereocenters. The molecule has 0 radical (unpaired) electrons. The van der Waals surface area contributed by atoms with E-state index in [2.05, 4.69) is 58.3 Å². The third-order valence-electron chi connectivity index (χ3n) is 5.82. The highest BCUT2D eigenvalue weighted by molar-refractivity contribution is 5.92. The number of amides is 1. The number of imidazole rings is 1. The van der Waals surface area contributed by atoms with Gasteiger partial charge < -0.3 is 14.4 Å². The van der Waals surface area contributed by atoms with Crippen LogP contribution < -0.4 is 4.90 Å². The molecule has 2 aliphatic heterocycles. The molecule has 0 spiro atoms. The van der Waals surface area contributed by atoms with Crippen LogP contribution in [-0.4, -0.2) is 64.5 Å². The average Bonchev–Trinajstić information content (AvgIpc) is 3.12. The second-order valence-corrected chi connectivity index (χ2v) is 7.67. The Balaban J connectivity index is 1.42. The van der Waals surface area contributed by atoms with Crippen molar-refractivity contribution in [2.24, 2.45) is 0 Å². The summed E-state index contributed by atoms with van der Waals surface area (Å²) >= 11 is 0. The fraction of sp³-hybridized carbons (Fsp3) is 0.524. The highest BCUT2D eigenvalue weighted by atomic mass is 16.2. The van der Waals surface area contributed by atoms with Gasteiger partial charge in [0, 0.05) is 51.2 Å². The molecule has 0 saturated carbocycles. The van der Waals surface area contributed by atoms with Crippen LogP contribution in [-0.2, 0) is 13.1 Å². The standard InChI is InChI=1S/C21H29N5O/c1-4-23-7-8-26-14-18(22-20(26)15-23)21(27)25-11-9-24(10-12-25)19-13-16(2)5-6-17(19)3/h5-6,13-14H,4,7-12,15H2,1-3H3. The Kier molecular flexibility index (Phi) is 4.91. The number of benzene rings is 1. The summed E-state index contributed by atoms with van der Waals surface area (Å²) < 4.78 is 2.14. The van der Waals surface area contributed by atoms with Gasteiger partial charge in [-0.3, -0.25) is 9.69 Å². The molecule has 6 nitrogen and oxygen atoms in total. The molecule has 2 aliphatic rings. The second kappa shape index (κ2) is 7.35. The van der Waals surface area contributed by atoms with Gasteiger partial charge in [0.05, 0.1) is 6.54 Å². The van der Waals surface area contributed by atoms with Crippen molar-refractivity contribution in [3.8, 4) is 0 Å². The monoisotopic (exact) mass is 367 g/mol. The number of carbonyl (C=O) groups is 1. The van der Waals surface area contributed by atoms with Crippen molar-refractivity contribution in [1.29, 1.82) is 0 Å². The zero-order valence-corrected chi connectivity index (χ0v) is 16.6. The van der Waals surface area contributed by atoms with Gasteiger partial charge in [-0.05, 0) is 37.6 Å². The van der Waals surface area contributed by atoms with Crippen LogP contribution in [0.5, 0.6) is 0 Å². The van der Waals surface area contributed by atoms with E-state index in [0.717, 1.165) is 58.2 Å². The number of likely N-dealkylation sites (N-methyl/N-ethyl adjacent to an activating group) is 1. The molecule has 0 bridgehead atoms. The zero-order valence-electron chi connectivity index (χ0n) is 16.6. The molecule has 1 amide bonds. The van der Waals surface area contributed by atoms with E-state index in [1.54, 1.807) is 0 Å². The summed E-state index contributed by atoms with van der Waals surface area (Å²) in [6.45, 7) is 13.5. The zero-order chi connectivity index (χ0) is 19.0. The topological polar surface area (TPSA) is 44.6 Å². The fourth-order valence-corrected chi connectivity index (χ4v) is 4.05. The minimum Gasteiger partial charge on any atom is -0.368 e. The number of carbonyl (C=O) groups excluding carboxylic acids is 1. The van der Waals surface area contributed by atoms with Crippen LogP contribution in [0.3, 0.4) is 0 Å². The van der Waals surface area contributed by atoms with E-state index >= 15 is 0 Å². The molecule has 3 heterocycles. The Hall–Kier alpha value is -2.34. The number of rotatable bonds is 3. The number of fused-ring (bicyclic) bond motifs is 1. The van der Waals surface area contributed by atoms with Crippen LogP contribution in [0, 0.1) is 13.8 Å². The largest absolute Gasteiger partial charge is 0.368 e. The molecule has 144 valence electrons. The van der Waals surface area contributed by atoms with Gasteiger partial charge in [0.2, 0.25) is 0 Å². The van der Waals surface area contributed by atoms with Gasteiger partial charge >= 0.3 is 0 Å². The van der Waals surface area contributed by atoms with Gasteiger partial charge in [-0.15, -0.1) is 0 Å². The van der Waals surface area contributed by atoms with E-state index in [1.807, 2.05) is 11.1 Å². The lowest BCUT2D eigenvalue weighted by atomic mass is 10.1. The van der Waals surface area contributed by atoms with Crippen LogP contribution in [0.4, 0.5) is 5.69 Å². The lowest BCUT2D eigenvalue weighted by Crippen LogP contribution is -2.49. The van der Waals surface area contributed by atoms with Gasteiger partial charge in [-0.2, -0.15) is 0 Å².